The molecule has 3 rings (SSSR count). The molecular weight excluding hydrogens is 443 g/mol. The molecule has 0 spiro atoms. The smallest absolute Gasteiger partial charge is 0.255 e. The van der Waals surface area contributed by atoms with Crippen LogP contribution in [0.15, 0.2) is 66.7 Å². The predicted octanol–water partition coefficient (Wildman–Crippen LogP) is 5.52. The van der Waals surface area contributed by atoms with Gasteiger partial charge in [0.1, 0.15) is 0 Å². The Bertz CT molecular complexity index is 1160. The summed E-state index contributed by atoms with van der Waals surface area (Å²) in [6.07, 6.45) is 1.16. The van der Waals surface area contributed by atoms with Gasteiger partial charge in [0.15, 0.2) is 0 Å². The summed E-state index contributed by atoms with van der Waals surface area (Å²) in [5.41, 5.74) is 3.19. The number of nitrogens with zero attached hydrogens (tertiary/aromatic N) is 1. The monoisotopic (exact) mass is 462 g/mol. The molecule has 0 aliphatic heterocycles. The van der Waals surface area contributed by atoms with Gasteiger partial charge in [-0.25, -0.2) is 8.42 Å². The summed E-state index contributed by atoms with van der Waals surface area (Å²) in [4.78, 5) is 12.5. The van der Waals surface area contributed by atoms with Gasteiger partial charge >= 0.3 is 0 Å². The number of carbonyl (C=O) groups excluding carboxylic acids is 1. The highest BCUT2D eigenvalue weighted by Gasteiger charge is 2.19. The summed E-state index contributed by atoms with van der Waals surface area (Å²) in [5.74, 6) is -0.379. The molecule has 0 fully saturated rings. The second kappa shape index (κ2) is 9.08. The summed E-state index contributed by atoms with van der Waals surface area (Å²) >= 11 is 12.1. The molecule has 3 aromatic carbocycles. The molecule has 0 atom stereocenters. The summed E-state index contributed by atoms with van der Waals surface area (Å²) in [7, 11) is -3.52. The largest absolute Gasteiger partial charge is 0.321 e. The third-order valence-electron chi connectivity index (χ3n) is 4.46. The van der Waals surface area contributed by atoms with Crippen molar-refractivity contribution in [3.8, 4) is 0 Å². The van der Waals surface area contributed by atoms with E-state index in [4.69, 9.17) is 23.2 Å². The second-order valence-corrected chi connectivity index (χ2v) is 9.55. The maximum absolute atomic E-state index is 12.5. The van der Waals surface area contributed by atoms with E-state index in [2.05, 4.69) is 5.32 Å². The summed E-state index contributed by atoms with van der Waals surface area (Å²) in [6.45, 7) is 2.17. The molecule has 1 N–H and O–H groups in total. The lowest BCUT2D eigenvalue weighted by atomic mass is 10.1. The Hall–Kier alpha value is -2.54. The fraction of sp³-hybridized carbons (Fsp3) is 0.136. The Kier molecular flexibility index (Phi) is 6.71. The Morgan fingerprint density at radius 3 is 2.20 bits per heavy atom. The van der Waals surface area contributed by atoms with Crippen LogP contribution in [0.4, 0.5) is 11.4 Å². The fourth-order valence-electron chi connectivity index (χ4n) is 2.83. The molecule has 0 unspecified atom stereocenters. The van der Waals surface area contributed by atoms with Crippen LogP contribution >= 0.6 is 23.2 Å². The average Bonchev–Trinajstić information content (AvgIpc) is 2.70. The van der Waals surface area contributed by atoms with Gasteiger partial charge in [0, 0.05) is 5.56 Å². The van der Waals surface area contributed by atoms with Gasteiger partial charge in [0.05, 0.1) is 34.2 Å². The first kappa shape index (κ1) is 22.2. The zero-order chi connectivity index (χ0) is 21.9. The highest BCUT2D eigenvalue weighted by molar-refractivity contribution is 7.92. The van der Waals surface area contributed by atoms with Gasteiger partial charge < -0.3 is 5.32 Å². The minimum Gasteiger partial charge on any atom is -0.321 e. The Labute approximate surface area is 186 Å². The highest BCUT2D eigenvalue weighted by Crippen LogP contribution is 2.30. The minimum absolute atomic E-state index is 0.197. The molecule has 5 nitrogen and oxygen atoms in total. The number of aryl methyl sites for hydroxylation is 1. The fourth-order valence-corrected chi connectivity index (χ4v) is 4.07. The number of rotatable bonds is 6. The van der Waals surface area contributed by atoms with Gasteiger partial charge in [0.2, 0.25) is 10.0 Å². The molecule has 8 heteroatoms. The molecular formula is C22H20Cl2N2O3S. The van der Waals surface area contributed by atoms with E-state index < -0.39 is 10.0 Å². The molecule has 0 saturated carbocycles. The van der Waals surface area contributed by atoms with E-state index in [1.165, 1.54) is 4.31 Å². The van der Waals surface area contributed by atoms with Crippen molar-refractivity contribution < 1.29 is 13.2 Å². The predicted molar refractivity (Wildman–Crippen MR) is 123 cm³/mol. The number of halogens is 2. The highest BCUT2D eigenvalue weighted by atomic mass is 35.5. The zero-order valence-corrected chi connectivity index (χ0v) is 18.7. The van der Waals surface area contributed by atoms with Crippen molar-refractivity contribution in [2.24, 2.45) is 0 Å². The van der Waals surface area contributed by atoms with Gasteiger partial charge in [-0.05, 0) is 48.9 Å². The molecule has 0 aliphatic rings. The van der Waals surface area contributed by atoms with E-state index in [0.717, 1.165) is 17.4 Å². The standard InChI is InChI=1S/C22H20Cl2N2O3S/c1-15-6-8-16(9-7-15)14-26(30(2,28)29)18-12-10-17(11-13-18)22(27)25-20-5-3-4-19(23)21(20)24/h3-13H,14H2,1-2H3,(H,25,27). The van der Waals surface area contributed by atoms with E-state index in [-0.39, 0.29) is 17.5 Å². The lowest BCUT2D eigenvalue weighted by Crippen LogP contribution is -2.29. The van der Waals surface area contributed by atoms with Crippen molar-refractivity contribution in [2.45, 2.75) is 13.5 Å². The van der Waals surface area contributed by atoms with Crippen molar-refractivity contribution in [1.29, 1.82) is 0 Å². The molecule has 1 amide bonds. The van der Waals surface area contributed by atoms with Crippen LogP contribution in [-0.2, 0) is 16.6 Å². The van der Waals surface area contributed by atoms with E-state index in [1.807, 2.05) is 31.2 Å². The van der Waals surface area contributed by atoms with Crippen LogP contribution in [-0.4, -0.2) is 20.6 Å². The molecule has 0 radical (unpaired) electrons. The van der Waals surface area contributed by atoms with Crippen molar-refractivity contribution in [1.82, 2.24) is 0 Å². The number of sulfonamides is 1. The zero-order valence-electron chi connectivity index (χ0n) is 16.4. The minimum atomic E-state index is -3.52. The van der Waals surface area contributed by atoms with Crippen LogP contribution < -0.4 is 9.62 Å². The molecule has 0 bridgehead atoms. The lowest BCUT2D eigenvalue weighted by molar-refractivity contribution is 0.102. The first-order chi connectivity index (χ1) is 14.1. The maximum atomic E-state index is 12.5. The molecule has 156 valence electrons. The maximum Gasteiger partial charge on any atom is 0.255 e. The average molecular weight is 463 g/mol. The first-order valence-electron chi connectivity index (χ1n) is 9.04. The topological polar surface area (TPSA) is 66.5 Å². The lowest BCUT2D eigenvalue weighted by Gasteiger charge is -2.23. The van der Waals surface area contributed by atoms with Gasteiger partial charge in [-0.2, -0.15) is 0 Å². The van der Waals surface area contributed by atoms with E-state index in [1.54, 1.807) is 42.5 Å². The molecule has 30 heavy (non-hydrogen) atoms. The third-order valence-corrected chi connectivity index (χ3v) is 6.42. The summed E-state index contributed by atoms with van der Waals surface area (Å²) in [5, 5.41) is 3.30. The van der Waals surface area contributed by atoms with Crippen LogP contribution in [0.1, 0.15) is 21.5 Å². The van der Waals surface area contributed by atoms with Crippen molar-refractivity contribution in [3.63, 3.8) is 0 Å². The molecule has 3 aromatic rings. The number of nitrogens with one attached hydrogen (secondary N) is 1. The van der Waals surface area contributed by atoms with Crippen molar-refractivity contribution >= 4 is 50.5 Å². The number of benzene rings is 3. The van der Waals surface area contributed by atoms with Gasteiger partial charge in [-0.15, -0.1) is 0 Å². The van der Waals surface area contributed by atoms with Crippen LogP contribution in [0.2, 0.25) is 10.0 Å². The van der Waals surface area contributed by atoms with E-state index in [9.17, 15) is 13.2 Å². The number of amides is 1. The van der Waals surface area contributed by atoms with Crippen LogP contribution in [0.25, 0.3) is 0 Å². The van der Waals surface area contributed by atoms with E-state index in [0.29, 0.717) is 22.0 Å². The Morgan fingerprint density at radius 1 is 0.967 bits per heavy atom. The quantitative estimate of drug-likeness (QED) is 0.524. The van der Waals surface area contributed by atoms with Crippen molar-refractivity contribution in [2.75, 3.05) is 15.9 Å². The first-order valence-corrected chi connectivity index (χ1v) is 11.6. The van der Waals surface area contributed by atoms with E-state index >= 15 is 0 Å². The SMILES string of the molecule is Cc1ccc(CN(c2ccc(C(=O)Nc3cccc(Cl)c3Cl)cc2)S(C)(=O)=O)cc1. The molecule has 0 aromatic heterocycles. The van der Waals surface area contributed by atoms with Crippen molar-refractivity contribution in [3.05, 3.63) is 93.5 Å². The number of hydrogen-bond acceptors (Lipinski definition) is 3. The van der Waals surface area contributed by atoms with Crippen LogP contribution in [0.3, 0.4) is 0 Å². The Balaban J connectivity index is 1.81. The number of anilines is 2. The molecule has 0 saturated heterocycles. The number of carbonyl (C=O) groups is 1. The van der Waals surface area contributed by atoms with Gasteiger partial charge in [0.25, 0.3) is 5.91 Å². The third kappa shape index (κ3) is 5.33. The van der Waals surface area contributed by atoms with Crippen LogP contribution in [0, 0.1) is 6.92 Å². The summed E-state index contributed by atoms with van der Waals surface area (Å²) < 4.78 is 26.0. The van der Waals surface area contributed by atoms with Gasteiger partial charge in [-0.1, -0.05) is 59.1 Å². The van der Waals surface area contributed by atoms with Gasteiger partial charge in [-0.3, -0.25) is 9.10 Å². The normalized spacial score (nSPS) is 11.2. The van der Waals surface area contributed by atoms with Crippen LogP contribution in [0.5, 0.6) is 0 Å². The second-order valence-electron chi connectivity index (χ2n) is 6.86. The molecule has 0 aliphatic carbocycles. The number of hydrogen-bond donors (Lipinski definition) is 1. The molecule has 0 heterocycles. The Morgan fingerprint density at radius 2 is 1.60 bits per heavy atom. The summed E-state index contributed by atoms with van der Waals surface area (Å²) in [6, 6.07) is 18.9.